The van der Waals surface area contributed by atoms with Gasteiger partial charge in [0.1, 0.15) is 5.82 Å². The van der Waals surface area contributed by atoms with E-state index in [1.807, 2.05) is 0 Å². The molecule has 0 bridgehead atoms. The van der Waals surface area contributed by atoms with Crippen LogP contribution in [0.1, 0.15) is 28.8 Å². The van der Waals surface area contributed by atoms with E-state index in [-0.39, 0.29) is 25.2 Å². The zero-order chi connectivity index (χ0) is 15.2. The fourth-order valence-electron chi connectivity index (χ4n) is 1.49. The number of benzene rings is 1. The van der Waals surface area contributed by atoms with Crippen molar-refractivity contribution in [1.82, 2.24) is 0 Å². The van der Waals surface area contributed by atoms with E-state index in [1.54, 1.807) is 0 Å². The molecule has 3 nitrogen and oxygen atoms in total. The lowest BCUT2D eigenvalue weighted by molar-refractivity contribution is -0.138. The minimum atomic E-state index is -4.20. The van der Waals surface area contributed by atoms with Crippen LogP contribution in [0.2, 0.25) is 0 Å². The largest absolute Gasteiger partial charge is 0.465 e. The van der Waals surface area contributed by atoms with Crippen molar-refractivity contribution in [2.75, 3.05) is 13.7 Å². The highest BCUT2D eigenvalue weighted by Gasteiger charge is 2.25. The fraction of sp³-hybridized carbons (Fsp3) is 0.462. The molecule has 1 aromatic rings. The number of alkyl halides is 3. The minimum absolute atomic E-state index is 0.0176. The number of hydrogen-bond acceptors (Lipinski definition) is 3. The van der Waals surface area contributed by atoms with E-state index >= 15 is 0 Å². The van der Waals surface area contributed by atoms with Crippen molar-refractivity contribution < 1.29 is 31.8 Å². The van der Waals surface area contributed by atoms with Crippen molar-refractivity contribution in [3.05, 3.63) is 35.1 Å². The Balaban J connectivity index is 2.42. The number of methoxy groups -OCH3 is 1. The Morgan fingerprint density at radius 3 is 2.55 bits per heavy atom. The van der Waals surface area contributed by atoms with Gasteiger partial charge < -0.3 is 9.47 Å². The van der Waals surface area contributed by atoms with Gasteiger partial charge in [0, 0.05) is 13.0 Å². The topological polar surface area (TPSA) is 35.5 Å². The summed E-state index contributed by atoms with van der Waals surface area (Å²) in [6, 6.07) is 3.80. The number of rotatable bonds is 6. The molecule has 0 heterocycles. The van der Waals surface area contributed by atoms with Crippen molar-refractivity contribution in [3.63, 3.8) is 0 Å². The molecule has 0 amide bonds. The van der Waals surface area contributed by atoms with Crippen LogP contribution in [0.15, 0.2) is 18.2 Å². The van der Waals surface area contributed by atoms with Gasteiger partial charge in [0.05, 0.1) is 19.3 Å². The molecule has 0 aliphatic heterocycles. The molecular weight excluding hydrogens is 280 g/mol. The van der Waals surface area contributed by atoms with Crippen molar-refractivity contribution >= 4 is 5.97 Å². The number of ether oxygens (including phenoxy) is 2. The maximum Gasteiger partial charge on any atom is 0.389 e. The summed E-state index contributed by atoms with van der Waals surface area (Å²) in [5.41, 5.74) is 0.232. The van der Waals surface area contributed by atoms with Gasteiger partial charge in [0.15, 0.2) is 0 Å². The Kier molecular flexibility index (Phi) is 5.94. The molecule has 0 fully saturated rings. The van der Waals surface area contributed by atoms with E-state index in [1.165, 1.54) is 12.1 Å². The molecule has 0 saturated heterocycles. The molecule has 0 N–H and O–H groups in total. The van der Waals surface area contributed by atoms with Gasteiger partial charge in [-0.2, -0.15) is 13.2 Å². The zero-order valence-corrected chi connectivity index (χ0v) is 10.8. The third-order valence-electron chi connectivity index (χ3n) is 2.46. The summed E-state index contributed by atoms with van der Waals surface area (Å²) in [5, 5.41) is 0. The number of carbonyl (C=O) groups is 1. The summed E-state index contributed by atoms with van der Waals surface area (Å²) in [6.07, 6.45) is -5.26. The van der Waals surface area contributed by atoms with Gasteiger partial charge in [0.25, 0.3) is 0 Å². The van der Waals surface area contributed by atoms with E-state index in [0.29, 0.717) is 5.56 Å². The van der Waals surface area contributed by atoms with Gasteiger partial charge >= 0.3 is 12.1 Å². The Bertz CT molecular complexity index is 457. The number of esters is 1. The summed E-state index contributed by atoms with van der Waals surface area (Å²) in [7, 11) is 1.14. The maximum atomic E-state index is 13.5. The molecule has 7 heteroatoms. The summed E-state index contributed by atoms with van der Waals surface area (Å²) < 4.78 is 58.5. The maximum absolute atomic E-state index is 13.5. The van der Waals surface area contributed by atoms with E-state index in [0.717, 1.165) is 13.2 Å². The predicted molar refractivity (Wildman–Crippen MR) is 62.7 cm³/mol. The van der Waals surface area contributed by atoms with Crippen LogP contribution in [-0.4, -0.2) is 25.9 Å². The van der Waals surface area contributed by atoms with Gasteiger partial charge in [-0.15, -0.1) is 0 Å². The first-order chi connectivity index (χ1) is 9.33. The average molecular weight is 294 g/mol. The van der Waals surface area contributed by atoms with Crippen molar-refractivity contribution in [2.24, 2.45) is 0 Å². The normalized spacial score (nSPS) is 11.4. The molecule has 112 valence electrons. The van der Waals surface area contributed by atoms with Gasteiger partial charge in [-0.25, -0.2) is 9.18 Å². The van der Waals surface area contributed by atoms with Gasteiger partial charge in [0.2, 0.25) is 0 Å². The third kappa shape index (κ3) is 5.56. The van der Waals surface area contributed by atoms with Crippen LogP contribution < -0.4 is 0 Å². The quantitative estimate of drug-likeness (QED) is 0.458. The van der Waals surface area contributed by atoms with Crippen LogP contribution in [0.5, 0.6) is 0 Å². The number of halogens is 4. The lowest BCUT2D eigenvalue weighted by Crippen LogP contribution is -2.09. The molecule has 0 saturated carbocycles. The molecule has 0 atom stereocenters. The van der Waals surface area contributed by atoms with Crippen molar-refractivity contribution in [3.8, 4) is 0 Å². The summed E-state index contributed by atoms with van der Waals surface area (Å²) in [6.45, 7) is -0.0872. The Hall–Kier alpha value is -1.63. The minimum Gasteiger partial charge on any atom is -0.465 e. The number of carbonyl (C=O) groups excluding carboxylic acids is 1. The molecular formula is C13H14F4O3. The van der Waals surface area contributed by atoms with Crippen LogP contribution in [-0.2, 0) is 16.1 Å². The zero-order valence-electron chi connectivity index (χ0n) is 10.8. The molecule has 0 aromatic heterocycles. The smallest absolute Gasteiger partial charge is 0.389 e. The van der Waals surface area contributed by atoms with Gasteiger partial charge in [-0.3, -0.25) is 0 Å². The van der Waals surface area contributed by atoms with Crippen LogP contribution >= 0.6 is 0 Å². The van der Waals surface area contributed by atoms with Crippen LogP contribution in [0.4, 0.5) is 17.6 Å². The molecule has 1 rings (SSSR count). The van der Waals surface area contributed by atoms with Gasteiger partial charge in [-0.1, -0.05) is 6.07 Å². The predicted octanol–water partition coefficient (Wildman–Crippen LogP) is 3.47. The van der Waals surface area contributed by atoms with E-state index < -0.39 is 24.4 Å². The molecule has 0 spiro atoms. The van der Waals surface area contributed by atoms with Gasteiger partial charge in [-0.05, 0) is 24.1 Å². The summed E-state index contributed by atoms with van der Waals surface area (Å²) >= 11 is 0. The van der Waals surface area contributed by atoms with Crippen molar-refractivity contribution in [1.29, 1.82) is 0 Å². The Morgan fingerprint density at radius 1 is 1.30 bits per heavy atom. The SMILES string of the molecule is COC(=O)c1ccc(COCCCC(F)(F)F)cc1F. The van der Waals surface area contributed by atoms with E-state index in [9.17, 15) is 22.4 Å². The molecule has 0 aliphatic carbocycles. The lowest BCUT2D eigenvalue weighted by Gasteiger charge is -2.08. The second-order valence-electron chi connectivity index (χ2n) is 4.08. The fourth-order valence-corrected chi connectivity index (χ4v) is 1.49. The summed E-state index contributed by atoms with van der Waals surface area (Å²) in [4.78, 5) is 11.1. The highest BCUT2D eigenvalue weighted by molar-refractivity contribution is 5.89. The van der Waals surface area contributed by atoms with E-state index in [4.69, 9.17) is 4.74 Å². The number of hydrogen-bond donors (Lipinski definition) is 0. The molecule has 0 radical (unpaired) electrons. The van der Waals surface area contributed by atoms with Crippen LogP contribution in [0, 0.1) is 5.82 Å². The average Bonchev–Trinajstić information content (AvgIpc) is 2.36. The molecule has 0 unspecified atom stereocenters. The molecule has 1 aromatic carbocycles. The second-order valence-corrected chi connectivity index (χ2v) is 4.08. The first kappa shape index (κ1) is 16.4. The van der Waals surface area contributed by atoms with Crippen LogP contribution in [0.25, 0.3) is 0 Å². The molecule has 0 aliphatic rings. The highest BCUT2D eigenvalue weighted by Crippen LogP contribution is 2.21. The first-order valence-corrected chi connectivity index (χ1v) is 5.84. The Labute approximate surface area is 113 Å². The molecule has 20 heavy (non-hydrogen) atoms. The monoisotopic (exact) mass is 294 g/mol. The second kappa shape index (κ2) is 7.23. The van der Waals surface area contributed by atoms with Crippen LogP contribution in [0.3, 0.4) is 0 Å². The van der Waals surface area contributed by atoms with E-state index in [2.05, 4.69) is 4.74 Å². The lowest BCUT2D eigenvalue weighted by atomic mass is 10.1. The standard InChI is InChI=1S/C13H14F4O3/c1-19-12(18)10-4-3-9(7-11(10)14)8-20-6-2-5-13(15,16)17/h3-4,7H,2,5-6,8H2,1H3. The summed E-state index contributed by atoms with van der Waals surface area (Å²) in [5.74, 6) is -1.55. The third-order valence-corrected chi connectivity index (χ3v) is 2.46. The first-order valence-electron chi connectivity index (χ1n) is 5.84. The highest BCUT2D eigenvalue weighted by atomic mass is 19.4. The van der Waals surface area contributed by atoms with Crippen molar-refractivity contribution in [2.45, 2.75) is 25.6 Å². The Morgan fingerprint density at radius 2 is 2.00 bits per heavy atom.